The first-order chi connectivity index (χ1) is 22.6. The number of methoxy groups -OCH3 is 2. The molecule has 0 radical (unpaired) electrons. The maximum Gasteiger partial charge on any atom is 0.195 e. The van der Waals surface area contributed by atoms with Crippen LogP contribution in [0, 0.1) is 17.9 Å². The lowest BCUT2D eigenvalue weighted by Crippen LogP contribution is -1.98. The lowest BCUT2D eigenvalue weighted by molar-refractivity contribution is 0.415. The van der Waals surface area contributed by atoms with Crippen molar-refractivity contribution in [1.82, 2.24) is 9.13 Å². The molecule has 46 heavy (non-hydrogen) atoms. The molecule has 2 aromatic heterocycles. The van der Waals surface area contributed by atoms with Crippen molar-refractivity contribution < 1.29 is 9.47 Å². The monoisotopic (exact) mass is 594 g/mol. The molecule has 0 aliphatic heterocycles. The Morgan fingerprint density at radius 1 is 0.565 bits per heavy atom. The Morgan fingerprint density at radius 3 is 1.59 bits per heavy atom. The minimum Gasteiger partial charge on any atom is -0.497 e. The molecule has 0 amide bonds. The van der Waals surface area contributed by atoms with Gasteiger partial charge in [0.1, 0.15) is 11.5 Å². The van der Waals surface area contributed by atoms with Gasteiger partial charge in [0, 0.05) is 32.9 Å². The van der Waals surface area contributed by atoms with Crippen LogP contribution in [0.5, 0.6) is 11.5 Å². The Hall–Kier alpha value is -6.50. The molecule has 0 aliphatic carbocycles. The molecule has 0 saturated carbocycles. The van der Waals surface area contributed by atoms with Gasteiger partial charge in [0.15, 0.2) is 5.69 Å². The summed E-state index contributed by atoms with van der Waals surface area (Å²) in [5.74, 6) is 1.58. The molecular formula is C40H26N4O2. The first kappa shape index (κ1) is 27.1. The highest BCUT2D eigenvalue weighted by atomic mass is 16.5. The van der Waals surface area contributed by atoms with Crippen LogP contribution in [0.3, 0.4) is 0 Å². The number of aromatic nitrogens is 2. The molecule has 0 aliphatic rings. The van der Waals surface area contributed by atoms with Crippen LogP contribution in [0.25, 0.3) is 71.0 Å². The third-order valence-corrected chi connectivity index (χ3v) is 8.79. The van der Waals surface area contributed by atoms with Gasteiger partial charge in [-0.25, -0.2) is 4.85 Å². The molecule has 6 nitrogen and oxygen atoms in total. The van der Waals surface area contributed by atoms with Crippen LogP contribution in [0.1, 0.15) is 5.56 Å². The van der Waals surface area contributed by atoms with Gasteiger partial charge in [-0.2, -0.15) is 5.26 Å². The Balaban J connectivity index is 1.38. The molecule has 8 rings (SSSR count). The largest absolute Gasteiger partial charge is 0.497 e. The van der Waals surface area contributed by atoms with Crippen LogP contribution >= 0.6 is 0 Å². The number of rotatable bonds is 5. The van der Waals surface area contributed by atoms with E-state index in [2.05, 4.69) is 68.6 Å². The van der Waals surface area contributed by atoms with Crippen molar-refractivity contribution in [2.24, 2.45) is 0 Å². The van der Waals surface area contributed by atoms with Crippen molar-refractivity contribution in [2.75, 3.05) is 14.2 Å². The zero-order chi connectivity index (χ0) is 31.4. The molecule has 0 saturated heterocycles. The normalized spacial score (nSPS) is 11.2. The summed E-state index contributed by atoms with van der Waals surface area (Å²) in [5, 5.41) is 14.7. The number of ether oxygens (including phenoxy) is 2. The highest BCUT2D eigenvalue weighted by Crippen LogP contribution is 2.41. The van der Waals surface area contributed by atoms with E-state index in [1.807, 2.05) is 72.8 Å². The van der Waals surface area contributed by atoms with E-state index in [1.54, 1.807) is 14.2 Å². The maximum atomic E-state index is 10.3. The van der Waals surface area contributed by atoms with Crippen LogP contribution < -0.4 is 9.47 Å². The highest BCUT2D eigenvalue weighted by molar-refractivity contribution is 6.11. The first-order valence-corrected chi connectivity index (χ1v) is 14.8. The molecule has 6 heteroatoms. The van der Waals surface area contributed by atoms with Gasteiger partial charge in [-0.3, -0.25) is 0 Å². The molecular weight excluding hydrogens is 568 g/mol. The summed E-state index contributed by atoms with van der Waals surface area (Å²) in [6.45, 7) is 8.07. The minimum atomic E-state index is 0.479. The lowest BCUT2D eigenvalue weighted by atomic mass is 9.97. The first-order valence-electron chi connectivity index (χ1n) is 14.8. The van der Waals surface area contributed by atoms with Gasteiger partial charge >= 0.3 is 0 Å². The van der Waals surface area contributed by atoms with Gasteiger partial charge in [-0.15, -0.1) is 0 Å². The number of hydrogen-bond acceptors (Lipinski definition) is 3. The standard InChI is InChI=1S/C40H26N4O2/c1-42-36-17-14-27(44-38-11-7-5-9-31(38)35-23-29(46-3)16-19-40(35)44)21-33(36)32-20-26(13-12-25(32)24-41)43-37-10-6-4-8-30(37)34-22-28(45-2)15-18-39(34)43/h4-23H,2-3H3. The molecule has 2 heterocycles. The maximum absolute atomic E-state index is 10.3. The van der Waals surface area contributed by atoms with Crippen molar-refractivity contribution in [3.8, 4) is 40.1 Å². The van der Waals surface area contributed by atoms with Crippen LogP contribution in [0.2, 0.25) is 0 Å². The van der Waals surface area contributed by atoms with Gasteiger partial charge in [0.25, 0.3) is 0 Å². The number of fused-ring (bicyclic) bond motifs is 6. The number of hydrogen-bond donors (Lipinski definition) is 0. The smallest absolute Gasteiger partial charge is 0.195 e. The Bertz CT molecular complexity index is 2410. The molecule has 0 fully saturated rings. The van der Waals surface area contributed by atoms with Crippen molar-refractivity contribution in [1.29, 1.82) is 5.26 Å². The molecule has 0 spiro atoms. The van der Waals surface area contributed by atoms with Crippen molar-refractivity contribution in [2.45, 2.75) is 0 Å². The van der Waals surface area contributed by atoms with E-state index in [4.69, 9.17) is 16.0 Å². The SMILES string of the molecule is [C-]#[N+]c1ccc(-n2c3ccccc3c3cc(OC)ccc32)cc1-c1cc(-n2c3ccccc3c3cc(OC)ccc32)ccc1C#N. The third kappa shape index (κ3) is 4.02. The number of nitriles is 1. The van der Waals surface area contributed by atoms with Gasteiger partial charge in [-0.05, 0) is 90.0 Å². The third-order valence-electron chi connectivity index (χ3n) is 8.79. The highest BCUT2D eigenvalue weighted by Gasteiger charge is 2.19. The van der Waals surface area contributed by atoms with Crippen LogP contribution in [0.15, 0.2) is 121 Å². The van der Waals surface area contributed by atoms with Crippen LogP contribution in [-0.2, 0) is 0 Å². The topological polar surface area (TPSA) is 56.5 Å². The van der Waals surface area contributed by atoms with Crippen molar-refractivity contribution in [3.05, 3.63) is 138 Å². The van der Waals surface area contributed by atoms with Gasteiger partial charge in [0.05, 0.1) is 54.5 Å². The Kier molecular flexibility index (Phi) is 6.23. The van der Waals surface area contributed by atoms with Crippen molar-refractivity contribution in [3.63, 3.8) is 0 Å². The second kappa shape index (κ2) is 10.6. The fraction of sp³-hybridized carbons (Fsp3) is 0.0500. The molecule has 0 N–H and O–H groups in total. The van der Waals surface area contributed by atoms with E-state index in [-0.39, 0.29) is 0 Å². The summed E-state index contributed by atoms with van der Waals surface area (Å²) in [4.78, 5) is 3.90. The minimum absolute atomic E-state index is 0.479. The van der Waals surface area contributed by atoms with Crippen LogP contribution in [0.4, 0.5) is 5.69 Å². The van der Waals surface area contributed by atoms with E-state index < -0.39 is 0 Å². The average molecular weight is 595 g/mol. The number of para-hydroxylation sites is 2. The summed E-state index contributed by atoms with van der Waals surface area (Å²) in [6.07, 6.45) is 0. The van der Waals surface area contributed by atoms with E-state index >= 15 is 0 Å². The Labute approximate surface area is 265 Å². The number of benzene rings is 6. The molecule has 0 bridgehead atoms. The van der Waals surface area contributed by atoms with E-state index in [9.17, 15) is 5.26 Å². The summed E-state index contributed by atoms with van der Waals surface area (Å²) >= 11 is 0. The van der Waals surface area contributed by atoms with Gasteiger partial charge in [-0.1, -0.05) is 42.5 Å². The zero-order valence-corrected chi connectivity index (χ0v) is 25.2. The predicted molar refractivity (Wildman–Crippen MR) is 185 cm³/mol. The Morgan fingerprint density at radius 2 is 1.07 bits per heavy atom. The predicted octanol–water partition coefficient (Wildman–Crippen LogP) is 9.99. The van der Waals surface area contributed by atoms with Gasteiger partial charge < -0.3 is 18.6 Å². The average Bonchev–Trinajstić information content (AvgIpc) is 3.63. The fourth-order valence-corrected chi connectivity index (χ4v) is 6.68. The summed E-state index contributed by atoms with van der Waals surface area (Å²) < 4.78 is 15.5. The lowest BCUT2D eigenvalue weighted by Gasteiger charge is -2.15. The molecule has 218 valence electrons. The van der Waals surface area contributed by atoms with E-state index in [1.165, 1.54) is 0 Å². The van der Waals surface area contributed by atoms with Crippen molar-refractivity contribution >= 4 is 49.3 Å². The van der Waals surface area contributed by atoms with Crippen LogP contribution in [-0.4, -0.2) is 23.4 Å². The number of nitrogens with zero attached hydrogens (tertiary/aromatic N) is 4. The molecule has 8 aromatic rings. The van der Waals surface area contributed by atoms with Gasteiger partial charge in [0.2, 0.25) is 0 Å². The van der Waals surface area contributed by atoms with E-state index in [0.29, 0.717) is 22.4 Å². The quantitative estimate of drug-likeness (QED) is 0.186. The van der Waals surface area contributed by atoms with E-state index in [0.717, 1.165) is 66.5 Å². The second-order valence-electron chi connectivity index (χ2n) is 11.1. The zero-order valence-electron chi connectivity index (χ0n) is 25.2. The molecule has 0 unspecified atom stereocenters. The molecule has 0 atom stereocenters. The fourth-order valence-electron chi connectivity index (χ4n) is 6.68. The molecule has 6 aromatic carbocycles. The summed E-state index contributed by atoms with van der Waals surface area (Å²) in [6, 6.07) is 42.8. The second-order valence-corrected chi connectivity index (χ2v) is 11.1. The summed E-state index contributed by atoms with van der Waals surface area (Å²) in [5.41, 5.74) is 8.32. The summed E-state index contributed by atoms with van der Waals surface area (Å²) in [7, 11) is 3.35.